The van der Waals surface area contributed by atoms with Crippen LogP contribution in [0, 0.1) is 6.92 Å². The minimum atomic E-state index is -0.547. The van der Waals surface area contributed by atoms with Crippen molar-refractivity contribution in [2.24, 2.45) is 0 Å². The summed E-state index contributed by atoms with van der Waals surface area (Å²) < 4.78 is 0. The molecule has 1 atom stereocenters. The first-order valence-corrected chi connectivity index (χ1v) is 12.4. The van der Waals surface area contributed by atoms with E-state index >= 15 is 0 Å². The second kappa shape index (κ2) is 11.8. The van der Waals surface area contributed by atoms with Gasteiger partial charge in [0.1, 0.15) is 6.04 Å². The number of carbonyl (C=O) groups is 2. The molecule has 0 radical (unpaired) electrons. The Hall–Kier alpha value is -3.40. The Morgan fingerprint density at radius 2 is 1.43 bits per heavy atom. The van der Waals surface area contributed by atoms with E-state index in [1.54, 1.807) is 4.90 Å². The molecule has 35 heavy (non-hydrogen) atoms. The van der Waals surface area contributed by atoms with Crippen LogP contribution >= 0.6 is 0 Å². The molecule has 0 fully saturated rings. The lowest BCUT2D eigenvalue weighted by molar-refractivity contribution is -0.142. The number of amides is 2. The fraction of sp³-hybridized carbons (Fsp3) is 0.355. The highest BCUT2D eigenvalue weighted by Gasteiger charge is 2.32. The fourth-order valence-electron chi connectivity index (χ4n) is 4.47. The number of rotatable bonds is 9. The Bertz CT molecular complexity index is 1060. The summed E-state index contributed by atoms with van der Waals surface area (Å²) in [6.45, 7) is 10.3. The summed E-state index contributed by atoms with van der Waals surface area (Å²) in [6.07, 6.45) is 0.833. The first-order chi connectivity index (χ1) is 16.7. The highest BCUT2D eigenvalue weighted by atomic mass is 16.2. The van der Waals surface area contributed by atoms with E-state index in [1.165, 1.54) is 0 Å². The number of carbonyl (C=O) groups excluding carboxylic acids is 2. The lowest BCUT2D eigenvalue weighted by atomic mass is 9.88. The average molecular weight is 471 g/mol. The number of benzene rings is 3. The lowest BCUT2D eigenvalue weighted by Crippen LogP contribution is -2.53. The number of hydrogen-bond acceptors (Lipinski definition) is 2. The summed E-state index contributed by atoms with van der Waals surface area (Å²) in [6, 6.07) is 27.9. The smallest absolute Gasteiger partial charge is 0.243 e. The Morgan fingerprint density at radius 1 is 0.857 bits per heavy atom. The van der Waals surface area contributed by atoms with E-state index in [-0.39, 0.29) is 23.3 Å². The molecule has 0 spiro atoms. The van der Waals surface area contributed by atoms with Crippen molar-refractivity contribution in [3.8, 4) is 0 Å². The Labute approximate surface area is 210 Å². The molecule has 0 aliphatic heterocycles. The first kappa shape index (κ1) is 26.2. The molecule has 0 aromatic heterocycles. The predicted molar refractivity (Wildman–Crippen MR) is 143 cm³/mol. The van der Waals surface area contributed by atoms with Crippen LogP contribution in [0.2, 0.25) is 0 Å². The molecule has 0 bridgehead atoms. The van der Waals surface area contributed by atoms with Crippen LogP contribution < -0.4 is 5.32 Å². The van der Waals surface area contributed by atoms with Gasteiger partial charge in [-0.15, -0.1) is 0 Å². The molecule has 0 heterocycles. The zero-order valence-corrected chi connectivity index (χ0v) is 21.6. The van der Waals surface area contributed by atoms with Gasteiger partial charge in [0.15, 0.2) is 0 Å². The molecule has 4 nitrogen and oxygen atoms in total. The third-order valence-electron chi connectivity index (χ3n) is 6.10. The van der Waals surface area contributed by atoms with Crippen LogP contribution in [0.15, 0.2) is 84.9 Å². The Balaban J connectivity index is 1.97. The highest BCUT2D eigenvalue weighted by molar-refractivity contribution is 5.88. The average Bonchev–Trinajstić information content (AvgIpc) is 2.82. The molecular formula is C31H38N2O2. The van der Waals surface area contributed by atoms with E-state index < -0.39 is 6.04 Å². The minimum absolute atomic E-state index is 0.0277. The van der Waals surface area contributed by atoms with Gasteiger partial charge in [0, 0.05) is 24.4 Å². The van der Waals surface area contributed by atoms with Crippen molar-refractivity contribution in [3.63, 3.8) is 0 Å². The van der Waals surface area contributed by atoms with Crippen LogP contribution in [0.25, 0.3) is 0 Å². The van der Waals surface area contributed by atoms with Crippen LogP contribution in [0.3, 0.4) is 0 Å². The normalized spacial score (nSPS) is 12.3. The molecule has 3 rings (SSSR count). The quantitative estimate of drug-likeness (QED) is 0.402. The van der Waals surface area contributed by atoms with E-state index in [0.717, 1.165) is 22.3 Å². The van der Waals surface area contributed by atoms with Gasteiger partial charge in [0.05, 0.1) is 0 Å². The van der Waals surface area contributed by atoms with Gasteiger partial charge in [-0.1, -0.05) is 97.4 Å². The van der Waals surface area contributed by atoms with Crippen molar-refractivity contribution in [1.29, 1.82) is 0 Å². The van der Waals surface area contributed by atoms with E-state index in [9.17, 15) is 9.59 Å². The molecule has 0 unspecified atom stereocenters. The van der Waals surface area contributed by atoms with Gasteiger partial charge in [-0.3, -0.25) is 9.59 Å². The number of nitrogens with zero attached hydrogens (tertiary/aromatic N) is 1. The van der Waals surface area contributed by atoms with E-state index in [4.69, 9.17) is 0 Å². The molecule has 184 valence electrons. The molecule has 3 aromatic carbocycles. The van der Waals surface area contributed by atoms with E-state index in [0.29, 0.717) is 19.4 Å². The number of aryl methyl sites for hydroxylation is 1. The number of hydrogen-bond donors (Lipinski definition) is 1. The highest BCUT2D eigenvalue weighted by Crippen LogP contribution is 2.29. The molecule has 0 aliphatic rings. The maximum absolute atomic E-state index is 14.0. The van der Waals surface area contributed by atoms with Gasteiger partial charge in [0.25, 0.3) is 0 Å². The summed E-state index contributed by atoms with van der Waals surface area (Å²) in [5.74, 6) is -0.231. The van der Waals surface area contributed by atoms with Crippen molar-refractivity contribution in [3.05, 3.63) is 107 Å². The lowest BCUT2D eigenvalue weighted by Gasteiger charge is -2.34. The maximum Gasteiger partial charge on any atom is 0.243 e. The van der Waals surface area contributed by atoms with Crippen LogP contribution in [0.5, 0.6) is 0 Å². The molecule has 4 heteroatoms. The summed E-state index contributed by atoms with van der Waals surface area (Å²) in [5.41, 5.74) is 3.97. The minimum Gasteiger partial charge on any atom is -0.350 e. The van der Waals surface area contributed by atoms with E-state index in [2.05, 4.69) is 35.6 Å². The molecular weight excluding hydrogens is 432 g/mol. The van der Waals surface area contributed by atoms with Gasteiger partial charge in [0.2, 0.25) is 11.8 Å². The maximum atomic E-state index is 14.0. The van der Waals surface area contributed by atoms with Gasteiger partial charge in [-0.25, -0.2) is 0 Å². The molecule has 2 amide bonds. The predicted octanol–water partition coefficient (Wildman–Crippen LogP) is 6.24. The van der Waals surface area contributed by atoms with Gasteiger partial charge in [-0.2, -0.15) is 0 Å². The molecule has 0 saturated carbocycles. The van der Waals surface area contributed by atoms with Crippen molar-refractivity contribution in [1.82, 2.24) is 10.2 Å². The zero-order chi connectivity index (χ0) is 25.4. The summed E-state index contributed by atoms with van der Waals surface area (Å²) >= 11 is 0. The SMILES string of the molecule is CC[C@H](C(=O)NC(C)(C)C)N(Cc1cccc(C)c1)C(=O)CC(c1ccccc1)c1ccccc1. The molecule has 0 saturated heterocycles. The summed E-state index contributed by atoms with van der Waals surface area (Å²) in [4.78, 5) is 29.1. The fourth-order valence-corrected chi connectivity index (χ4v) is 4.47. The van der Waals surface area contributed by atoms with Crippen LogP contribution in [-0.2, 0) is 16.1 Å². The first-order valence-electron chi connectivity index (χ1n) is 12.4. The summed E-state index contributed by atoms with van der Waals surface area (Å²) in [5, 5.41) is 3.09. The Kier molecular flexibility index (Phi) is 8.86. The Morgan fingerprint density at radius 3 is 1.91 bits per heavy atom. The van der Waals surface area contributed by atoms with Gasteiger partial charge >= 0.3 is 0 Å². The number of nitrogens with one attached hydrogen (secondary N) is 1. The van der Waals surface area contributed by atoms with Crippen LogP contribution in [-0.4, -0.2) is 28.3 Å². The van der Waals surface area contributed by atoms with Gasteiger partial charge < -0.3 is 10.2 Å². The molecule has 0 aliphatic carbocycles. The van der Waals surface area contributed by atoms with Crippen LogP contribution in [0.4, 0.5) is 0 Å². The van der Waals surface area contributed by atoms with Crippen LogP contribution in [0.1, 0.15) is 68.7 Å². The summed E-state index contributed by atoms with van der Waals surface area (Å²) in [7, 11) is 0. The molecule has 1 N–H and O–H groups in total. The molecule has 3 aromatic rings. The topological polar surface area (TPSA) is 49.4 Å². The standard InChI is InChI=1S/C31H38N2O2/c1-6-28(30(35)32-31(3,4)5)33(22-24-15-13-14-23(2)20-24)29(34)21-27(25-16-9-7-10-17-25)26-18-11-8-12-19-26/h7-20,27-28H,6,21-22H2,1-5H3,(H,32,35)/t28-/m1/s1. The van der Waals surface area contributed by atoms with Gasteiger partial charge in [-0.05, 0) is 50.8 Å². The van der Waals surface area contributed by atoms with Crippen molar-refractivity contribution in [2.75, 3.05) is 0 Å². The van der Waals surface area contributed by atoms with Crippen molar-refractivity contribution < 1.29 is 9.59 Å². The van der Waals surface area contributed by atoms with E-state index in [1.807, 2.05) is 89.2 Å². The zero-order valence-electron chi connectivity index (χ0n) is 21.6. The largest absolute Gasteiger partial charge is 0.350 e. The third-order valence-corrected chi connectivity index (χ3v) is 6.10. The third kappa shape index (κ3) is 7.54. The monoisotopic (exact) mass is 470 g/mol. The van der Waals surface area contributed by atoms with Crippen molar-refractivity contribution in [2.45, 2.75) is 71.5 Å². The second-order valence-electron chi connectivity index (χ2n) is 10.3. The van der Waals surface area contributed by atoms with Crippen molar-refractivity contribution >= 4 is 11.8 Å². The second-order valence-corrected chi connectivity index (χ2v) is 10.3.